The summed E-state index contributed by atoms with van der Waals surface area (Å²) in [6.45, 7) is 22.7. The van der Waals surface area contributed by atoms with Gasteiger partial charge in [0.2, 0.25) is 0 Å². The fourth-order valence-electron chi connectivity index (χ4n) is 8.03. The predicted octanol–water partition coefficient (Wildman–Crippen LogP) is 11.5. The Morgan fingerprint density at radius 3 is 0.986 bits per heavy atom. The highest BCUT2D eigenvalue weighted by Gasteiger charge is 2.23. The summed E-state index contributed by atoms with van der Waals surface area (Å²) >= 11 is 0. The summed E-state index contributed by atoms with van der Waals surface area (Å²) in [6.07, 6.45) is 3.99. The largest absolute Gasteiger partial charge is 0.487 e. The van der Waals surface area contributed by atoms with E-state index in [1.165, 1.54) is 11.1 Å². The van der Waals surface area contributed by atoms with Crippen molar-refractivity contribution in [2.45, 2.75) is 105 Å². The average molecular weight is 971 g/mol. The average Bonchev–Trinajstić information content (AvgIpc) is 3.38. The topological polar surface area (TPSA) is 128 Å². The second-order valence-corrected chi connectivity index (χ2v) is 18.0. The molecule has 13 nitrogen and oxygen atoms in total. The van der Waals surface area contributed by atoms with Crippen molar-refractivity contribution < 1.29 is 61.6 Å². The molecule has 0 aliphatic carbocycles. The number of ketones is 1. The van der Waals surface area contributed by atoms with Crippen LogP contribution in [0.25, 0.3) is 0 Å². The van der Waals surface area contributed by atoms with Gasteiger partial charge >= 0.3 is 0 Å². The lowest BCUT2D eigenvalue weighted by Crippen LogP contribution is -2.17. The van der Waals surface area contributed by atoms with Gasteiger partial charge in [-0.1, -0.05) is 67.5 Å². The van der Waals surface area contributed by atoms with Crippen molar-refractivity contribution in [2.75, 3.05) is 106 Å². The van der Waals surface area contributed by atoms with Gasteiger partial charge < -0.3 is 56.8 Å². The molecule has 0 saturated carbocycles. The van der Waals surface area contributed by atoms with E-state index >= 15 is 0 Å². The minimum atomic E-state index is -0.230. The lowest BCUT2D eigenvalue weighted by atomic mass is 9.90. The van der Waals surface area contributed by atoms with Gasteiger partial charge in [-0.25, -0.2) is 0 Å². The zero-order valence-corrected chi connectivity index (χ0v) is 43.0. The van der Waals surface area contributed by atoms with Gasteiger partial charge in [-0.3, -0.25) is 4.79 Å². The standard InChI is InChI=1S/C57H78O13/c1-9-39(5)45-34-48(42(8)12-4)57-53(37-45)67-29-21-59-17-25-63-49-15-13-44(36-52(49)66-28-20-62-24-32-70-57)55(58)43-14-16-50-51(35-43)65-27-19-60-22-30-68-54-38-46(40(6)10-2)33-47(41(7)11-3)56(54)69-31-23-61-18-26-64-50/h13-16,33-42H,9-12,17-32H2,1-8H3/t39-,40-,41+,42-/m0/s1. The molecule has 0 saturated heterocycles. The summed E-state index contributed by atoms with van der Waals surface area (Å²) in [5.41, 5.74) is 5.58. The Kier molecular flexibility index (Phi) is 22.1. The first kappa shape index (κ1) is 54.1. The molecule has 4 aromatic rings. The van der Waals surface area contributed by atoms with Gasteiger partial charge in [0.05, 0.1) is 52.9 Å². The molecule has 0 fully saturated rings. The molecule has 0 bridgehead atoms. The van der Waals surface area contributed by atoms with E-state index in [4.69, 9.17) is 56.8 Å². The zero-order valence-electron chi connectivity index (χ0n) is 43.0. The minimum absolute atomic E-state index is 0.223. The van der Waals surface area contributed by atoms with Gasteiger partial charge in [0.25, 0.3) is 0 Å². The molecule has 384 valence electrons. The van der Waals surface area contributed by atoms with Crippen LogP contribution in [0.5, 0.6) is 46.0 Å². The van der Waals surface area contributed by atoms with Crippen LogP contribution in [-0.2, 0) is 18.9 Å². The first-order chi connectivity index (χ1) is 34.1. The summed E-state index contributed by atoms with van der Waals surface area (Å²) in [7, 11) is 0. The molecular weight excluding hydrogens is 893 g/mol. The molecule has 70 heavy (non-hydrogen) atoms. The quantitative estimate of drug-likeness (QED) is 0.140. The summed E-state index contributed by atoms with van der Waals surface area (Å²) < 4.78 is 74.0. The molecule has 0 aromatic heterocycles. The summed E-state index contributed by atoms with van der Waals surface area (Å²) in [6, 6.07) is 19.1. The van der Waals surface area contributed by atoms with Crippen LogP contribution in [0.1, 0.15) is 143 Å². The van der Waals surface area contributed by atoms with E-state index in [1.54, 1.807) is 36.4 Å². The van der Waals surface area contributed by atoms with Crippen molar-refractivity contribution in [3.05, 3.63) is 94.0 Å². The van der Waals surface area contributed by atoms with Crippen LogP contribution < -0.4 is 37.9 Å². The van der Waals surface area contributed by atoms with Gasteiger partial charge in [-0.15, -0.1) is 0 Å². The normalized spacial score (nSPS) is 17.8. The van der Waals surface area contributed by atoms with Crippen LogP contribution in [0, 0.1) is 0 Å². The van der Waals surface area contributed by atoms with Gasteiger partial charge in [0.15, 0.2) is 51.8 Å². The van der Waals surface area contributed by atoms with Crippen LogP contribution >= 0.6 is 0 Å². The van der Waals surface area contributed by atoms with E-state index in [-0.39, 0.29) is 38.1 Å². The first-order valence-corrected chi connectivity index (χ1v) is 25.7. The third-order valence-corrected chi connectivity index (χ3v) is 13.1. The number of carbonyl (C=O) groups is 1. The molecule has 13 heteroatoms. The third-order valence-electron chi connectivity index (χ3n) is 13.1. The second kappa shape index (κ2) is 28.6. The van der Waals surface area contributed by atoms with Crippen molar-refractivity contribution in [3.8, 4) is 46.0 Å². The highest BCUT2D eigenvalue weighted by atomic mass is 16.6. The van der Waals surface area contributed by atoms with Crippen LogP contribution in [0.4, 0.5) is 0 Å². The molecule has 6 rings (SSSR count). The number of hydrogen-bond acceptors (Lipinski definition) is 13. The lowest BCUT2D eigenvalue weighted by molar-refractivity contribution is 0.0636. The molecule has 2 aliphatic heterocycles. The molecule has 0 unspecified atom stereocenters. The molecule has 0 spiro atoms. The lowest BCUT2D eigenvalue weighted by Gasteiger charge is -2.23. The Morgan fingerprint density at radius 2 is 0.657 bits per heavy atom. The molecule has 0 N–H and O–H groups in total. The van der Waals surface area contributed by atoms with E-state index in [0.29, 0.717) is 131 Å². The summed E-state index contributed by atoms with van der Waals surface area (Å²) in [5, 5.41) is 0. The van der Waals surface area contributed by atoms with Crippen LogP contribution in [0.15, 0.2) is 60.7 Å². The molecule has 4 atom stereocenters. The number of rotatable bonds is 10. The third kappa shape index (κ3) is 15.4. The fraction of sp³-hybridized carbons (Fsp3) is 0.561. The van der Waals surface area contributed by atoms with Gasteiger partial charge in [0.1, 0.15) is 52.9 Å². The smallest absolute Gasteiger partial charge is 0.193 e. The van der Waals surface area contributed by atoms with Crippen molar-refractivity contribution >= 4 is 5.78 Å². The maximum absolute atomic E-state index is 14.1. The van der Waals surface area contributed by atoms with Crippen molar-refractivity contribution in [3.63, 3.8) is 0 Å². The Morgan fingerprint density at radius 1 is 0.357 bits per heavy atom. The minimum Gasteiger partial charge on any atom is -0.487 e. The van der Waals surface area contributed by atoms with Crippen molar-refractivity contribution in [1.29, 1.82) is 0 Å². The molecule has 4 aromatic carbocycles. The highest BCUT2D eigenvalue weighted by Crippen LogP contribution is 2.42. The SMILES string of the molecule is CC[C@@H](C)c1cc([C@@H](C)CC)cc2c1OCCOCCOc1ccc(C(=O)c3ccc4c(c3)OCCOCCOc3c(cc([C@@H](C)CC)cc3[C@@H](C)CC)OCCOCCO4)cc1OCCOCCO2. The molecule has 0 amide bonds. The van der Waals surface area contributed by atoms with E-state index < -0.39 is 0 Å². The molecular formula is C57H78O13. The number of fused-ring (bicyclic) bond motifs is 4. The van der Waals surface area contributed by atoms with Crippen molar-refractivity contribution in [1.82, 2.24) is 0 Å². The molecule has 0 radical (unpaired) electrons. The van der Waals surface area contributed by atoms with Gasteiger partial charge in [0, 0.05) is 22.3 Å². The van der Waals surface area contributed by atoms with E-state index in [1.807, 2.05) is 0 Å². The maximum atomic E-state index is 14.1. The molecule has 2 heterocycles. The van der Waals surface area contributed by atoms with Crippen molar-refractivity contribution in [2.24, 2.45) is 0 Å². The Hall–Kier alpha value is -5.21. The van der Waals surface area contributed by atoms with Crippen LogP contribution in [0.2, 0.25) is 0 Å². The number of ether oxygens (including phenoxy) is 12. The number of benzene rings is 4. The highest BCUT2D eigenvalue weighted by molar-refractivity contribution is 6.09. The predicted molar refractivity (Wildman–Crippen MR) is 271 cm³/mol. The summed E-state index contributed by atoms with van der Waals surface area (Å²) in [4.78, 5) is 14.1. The Balaban J connectivity index is 1.10. The van der Waals surface area contributed by atoms with Gasteiger partial charge in [-0.2, -0.15) is 0 Å². The number of hydrogen-bond donors (Lipinski definition) is 0. The van der Waals surface area contributed by atoms with Crippen LogP contribution in [0.3, 0.4) is 0 Å². The second-order valence-electron chi connectivity index (χ2n) is 18.0. The Labute approximate surface area is 416 Å². The van der Waals surface area contributed by atoms with Gasteiger partial charge in [-0.05, 0) is 109 Å². The zero-order chi connectivity index (χ0) is 49.7. The Bertz CT molecular complexity index is 2230. The maximum Gasteiger partial charge on any atom is 0.193 e. The first-order valence-electron chi connectivity index (χ1n) is 25.7. The summed E-state index contributed by atoms with van der Waals surface area (Å²) in [5.74, 6) is 5.89. The van der Waals surface area contributed by atoms with E-state index in [2.05, 4.69) is 79.7 Å². The fourth-order valence-corrected chi connectivity index (χ4v) is 8.03. The van der Waals surface area contributed by atoms with E-state index in [0.717, 1.165) is 59.8 Å². The van der Waals surface area contributed by atoms with Crippen LogP contribution in [-0.4, -0.2) is 111 Å². The number of carbonyl (C=O) groups excluding carboxylic acids is 1. The molecule has 2 aliphatic rings. The van der Waals surface area contributed by atoms with E-state index in [9.17, 15) is 4.79 Å². The monoisotopic (exact) mass is 971 g/mol.